The number of benzene rings is 1. The van der Waals surface area contributed by atoms with Gasteiger partial charge in [-0.15, -0.1) is 0 Å². The molecule has 1 atom stereocenters. The van der Waals surface area contributed by atoms with E-state index in [1.807, 2.05) is 50.5 Å². The zero-order valence-electron chi connectivity index (χ0n) is 12.2. The van der Waals surface area contributed by atoms with Crippen molar-refractivity contribution in [1.82, 2.24) is 4.98 Å². The Bertz CT molecular complexity index is 552. The Morgan fingerprint density at radius 1 is 1.25 bits per heavy atom. The van der Waals surface area contributed by atoms with E-state index in [1.165, 1.54) is 0 Å². The number of anilines is 1. The standard InChI is InChI=1S/C16H21N3O/c1-12(17)13-8-9-16(18-10-13)19(2)11-14-6-4-5-7-15(14)20-3/h4-10,12H,11,17H2,1-3H3/t12-/m0/s1. The van der Waals surface area contributed by atoms with E-state index in [4.69, 9.17) is 10.5 Å². The third kappa shape index (κ3) is 3.27. The number of nitrogens with zero attached hydrogens (tertiary/aromatic N) is 2. The summed E-state index contributed by atoms with van der Waals surface area (Å²) < 4.78 is 5.37. The molecular formula is C16H21N3O. The van der Waals surface area contributed by atoms with Gasteiger partial charge in [0.1, 0.15) is 11.6 Å². The molecule has 0 fully saturated rings. The van der Waals surface area contributed by atoms with E-state index in [0.29, 0.717) is 0 Å². The van der Waals surface area contributed by atoms with Crippen LogP contribution in [0.15, 0.2) is 42.6 Å². The molecule has 1 aromatic carbocycles. The van der Waals surface area contributed by atoms with Crippen LogP contribution in [0, 0.1) is 0 Å². The van der Waals surface area contributed by atoms with Gasteiger partial charge in [-0.05, 0) is 24.6 Å². The van der Waals surface area contributed by atoms with Crippen molar-refractivity contribution in [2.24, 2.45) is 5.73 Å². The van der Waals surface area contributed by atoms with Crippen LogP contribution in [0.1, 0.15) is 24.1 Å². The predicted octanol–water partition coefficient (Wildman–Crippen LogP) is 2.75. The molecule has 0 bridgehead atoms. The maximum atomic E-state index is 5.83. The summed E-state index contributed by atoms with van der Waals surface area (Å²) in [5.74, 6) is 1.81. The summed E-state index contributed by atoms with van der Waals surface area (Å²) >= 11 is 0. The fourth-order valence-electron chi connectivity index (χ4n) is 2.06. The molecule has 20 heavy (non-hydrogen) atoms. The summed E-state index contributed by atoms with van der Waals surface area (Å²) in [6, 6.07) is 12.0. The number of nitrogens with two attached hydrogens (primary N) is 1. The molecule has 0 aliphatic rings. The minimum absolute atomic E-state index is 0.0103. The molecule has 2 N–H and O–H groups in total. The average Bonchev–Trinajstić information content (AvgIpc) is 2.48. The minimum Gasteiger partial charge on any atom is -0.496 e. The van der Waals surface area contributed by atoms with E-state index in [1.54, 1.807) is 7.11 Å². The van der Waals surface area contributed by atoms with Crippen LogP contribution in [0.4, 0.5) is 5.82 Å². The second-order valence-electron chi connectivity index (χ2n) is 4.91. The maximum absolute atomic E-state index is 5.83. The van der Waals surface area contributed by atoms with Gasteiger partial charge in [-0.1, -0.05) is 24.3 Å². The van der Waals surface area contributed by atoms with Crippen molar-refractivity contribution in [3.63, 3.8) is 0 Å². The summed E-state index contributed by atoms with van der Waals surface area (Å²) in [6.07, 6.45) is 1.83. The van der Waals surface area contributed by atoms with Gasteiger partial charge >= 0.3 is 0 Å². The number of methoxy groups -OCH3 is 1. The normalized spacial score (nSPS) is 12.0. The van der Waals surface area contributed by atoms with Crippen LogP contribution >= 0.6 is 0 Å². The van der Waals surface area contributed by atoms with E-state index in [9.17, 15) is 0 Å². The molecule has 0 saturated heterocycles. The lowest BCUT2D eigenvalue weighted by atomic mass is 10.1. The largest absolute Gasteiger partial charge is 0.496 e. The molecule has 0 amide bonds. The van der Waals surface area contributed by atoms with Crippen molar-refractivity contribution in [2.75, 3.05) is 19.1 Å². The predicted molar refractivity (Wildman–Crippen MR) is 81.9 cm³/mol. The van der Waals surface area contributed by atoms with E-state index < -0.39 is 0 Å². The van der Waals surface area contributed by atoms with Crippen LogP contribution in [-0.4, -0.2) is 19.1 Å². The van der Waals surface area contributed by atoms with E-state index in [0.717, 1.165) is 29.2 Å². The third-order valence-electron chi connectivity index (χ3n) is 3.29. The van der Waals surface area contributed by atoms with Crippen molar-refractivity contribution < 1.29 is 4.74 Å². The SMILES string of the molecule is COc1ccccc1CN(C)c1ccc([C@H](C)N)cn1. The van der Waals surface area contributed by atoms with Crippen molar-refractivity contribution >= 4 is 5.82 Å². The van der Waals surface area contributed by atoms with Crippen molar-refractivity contribution in [1.29, 1.82) is 0 Å². The Labute approximate surface area is 120 Å². The number of para-hydroxylation sites is 1. The Kier molecular flexibility index (Phi) is 4.58. The van der Waals surface area contributed by atoms with Gasteiger partial charge in [-0.3, -0.25) is 0 Å². The number of hydrogen-bond donors (Lipinski definition) is 1. The molecule has 0 unspecified atom stereocenters. The third-order valence-corrected chi connectivity index (χ3v) is 3.29. The summed E-state index contributed by atoms with van der Waals surface area (Å²) in [6.45, 7) is 2.70. The highest BCUT2D eigenvalue weighted by Crippen LogP contribution is 2.21. The second kappa shape index (κ2) is 6.39. The zero-order chi connectivity index (χ0) is 14.5. The van der Waals surface area contributed by atoms with Gasteiger partial charge in [0.2, 0.25) is 0 Å². The zero-order valence-corrected chi connectivity index (χ0v) is 12.2. The molecule has 2 aromatic rings. The van der Waals surface area contributed by atoms with Crippen LogP contribution < -0.4 is 15.4 Å². The van der Waals surface area contributed by atoms with Crippen LogP contribution in [0.5, 0.6) is 5.75 Å². The van der Waals surface area contributed by atoms with E-state index in [-0.39, 0.29) is 6.04 Å². The molecule has 1 heterocycles. The number of pyridine rings is 1. The van der Waals surface area contributed by atoms with Crippen molar-refractivity contribution in [2.45, 2.75) is 19.5 Å². The first-order valence-electron chi connectivity index (χ1n) is 6.66. The summed E-state index contributed by atoms with van der Waals surface area (Å²) in [7, 11) is 3.70. The topological polar surface area (TPSA) is 51.4 Å². The van der Waals surface area contributed by atoms with Crippen LogP contribution in [0.3, 0.4) is 0 Å². The summed E-state index contributed by atoms with van der Waals surface area (Å²) in [5, 5.41) is 0. The van der Waals surface area contributed by atoms with Gasteiger partial charge < -0.3 is 15.4 Å². The molecule has 1 aromatic heterocycles. The molecule has 0 radical (unpaired) electrons. The quantitative estimate of drug-likeness (QED) is 0.908. The highest BCUT2D eigenvalue weighted by molar-refractivity contribution is 5.42. The molecule has 4 heteroatoms. The lowest BCUT2D eigenvalue weighted by molar-refractivity contribution is 0.409. The van der Waals surface area contributed by atoms with Gasteiger partial charge in [-0.2, -0.15) is 0 Å². The van der Waals surface area contributed by atoms with E-state index in [2.05, 4.69) is 16.0 Å². The molecule has 0 spiro atoms. The summed E-state index contributed by atoms with van der Waals surface area (Å²) in [4.78, 5) is 6.54. The van der Waals surface area contributed by atoms with E-state index >= 15 is 0 Å². The monoisotopic (exact) mass is 271 g/mol. The van der Waals surface area contributed by atoms with Crippen LogP contribution in [0.2, 0.25) is 0 Å². The molecule has 2 rings (SSSR count). The Hall–Kier alpha value is -2.07. The molecule has 4 nitrogen and oxygen atoms in total. The Balaban J connectivity index is 2.13. The number of hydrogen-bond acceptors (Lipinski definition) is 4. The van der Waals surface area contributed by atoms with Gasteiger partial charge in [0, 0.05) is 31.4 Å². The molecular weight excluding hydrogens is 250 g/mol. The van der Waals surface area contributed by atoms with Gasteiger partial charge in [-0.25, -0.2) is 4.98 Å². The molecule has 0 aliphatic carbocycles. The van der Waals surface area contributed by atoms with Crippen LogP contribution in [0.25, 0.3) is 0 Å². The smallest absolute Gasteiger partial charge is 0.128 e. The number of aromatic nitrogens is 1. The van der Waals surface area contributed by atoms with Gasteiger partial charge in [0.05, 0.1) is 7.11 Å². The van der Waals surface area contributed by atoms with Gasteiger partial charge in [0.25, 0.3) is 0 Å². The molecule has 0 aliphatic heterocycles. The molecule has 106 valence electrons. The summed E-state index contributed by atoms with van der Waals surface area (Å²) in [5.41, 5.74) is 8.01. The first-order valence-corrected chi connectivity index (χ1v) is 6.66. The first kappa shape index (κ1) is 14.3. The Morgan fingerprint density at radius 3 is 2.60 bits per heavy atom. The van der Waals surface area contributed by atoms with Crippen molar-refractivity contribution in [3.8, 4) is 5.75 Å². The van der Waals surface area contributed by atoms with Crippen molar-refractivity contribution in [3.05, 3.63) is 53.7 Å². The van der Waals surface area contributed by atoms with Gasteiger partial charge in [0.15, 0.2) is 0 Å². The fourth-order valence-corrected chi connectivity index (χ4v) is 2.06. The van der Waals surface area contributed by atoms with Crippen LogP contribution in [-0.2, 0) is 6.54 Å². The first-order chi connectivity index (χ1) is 9.61. The second-order valence-corrected chi connectivity index (χ2v) is 4.91. The number of ether oxygens (including phenoxy) is 1. The maximum Gasteiger partial charge on any atom is 0.128 e. The average molecular weight is 271 g/mol. The fraction of sp³-hybridized carbons (Fsp3) is 0.312. The minimum atomic E-state index is 0.0103. The lowest BCUT2D eigenvalue weighted by Crippen LogP contribution is -2.18. The molecule has 0 saturated carbocycles. The highest BCUT2D eigenvalue weighted by atomic mass is 16.5. The number of rotatable bonds is 5. The Morgan fingerprint density at radius 2 is 2.00 bits per heavy atom. The lowest BCUT2D eigenvalue weighted by Gasteiger charge is -2.20. The highest BCUT2D eigenvalue weighted by Gasteiger charge is 2.08.